The molecule has 0 amide bonds. The third kappa shape index (κ3) is 452. The van der Waals surface area contributed by atoms with Crippen LogP contribution in [0, 0.1) is 0 Å². The molecule has 0 saturated heterocycles. The molecule has 0 aliphatic rings. The van der Waals surface area contributed by atoms with E-state index in [1.807, 2.05) is 0 Å². The van der Waals surface area contributed by atoms with Crippen molar-refractivity contribution >= 4 is 21.6 Å². The number of carboxylic acid groups (broad SMARTS) is 2. The van der Waals surface area contributed by atoms with E-state index in [9.17, 15) is 0 Å². The van der Waals surface area contributed by atoms with Crippen LogP contribution in [0.15, 0.2) is 0 Å². The van der Waals surface area contributed by atoms with Gasteiger partial charge in [-0.05, 0) is 0 Å². The maximum atomic E-state index is 8.57. The van der Waals surface area contributed by atoms with Crippen LogP contribution in [0.3, 0.4) is 0 Å². The monoisotopic (exact) mass is 156 g/mol. The van der Waals surface area contributed by atoms with E-state index < -0.39 is 21.6 Å². The predicted octanol–water partition coefficient (Wildman–Crippen LogP) is -0.510. The van der Waals surface area contributed by atoms with Gasteiger partial charge in [-0.15, -0.1) is 0 Å². The molecular weight excluding hydrogens is 147 g/mol. The minimum absolute atomic E-state index is 0. The molecule has 0 bridgehead atoms. The fraction of sp³-hybridized carbons (Fsp3) is 0. The average molecular weight is 156 g/mol. The first-order valence-electron chi connectivity index (χ1n) is 1.15. The van der Waals surface area contributed by atoms with Crippen LogP contribution in [0.5, 0.6) is 0 Å². The second-order valence-electron chi connectivity index (χ2n) is 0.388. The van der Waals surface area contributed by atoms with Crippen molar-refractivity contribution in [2.45, 2.75) is 0 Å². The van der Waals surface area contributed by atoms with Crippen molar-refractivity contribution in [1.82, 2.24) is 12.3 Å². The van der Waals surface area contributed by atoms with Crippen LogP contribution in [-0.2, 0) is 3.80 Å². The van der Waals surface area contributed by atoms with Crippen LogP contribution in [0.25, 0.3) is 0 Å². The molecule has 0 atom stereocenters. The van der Waals surface area contributed by atoms with E-state index in [1.54, 1.807) is 0 Å². The second-order valence-corrected chi connectivity index (χ2v) is 0.599. The van der Waals surface area contributed by atoms with Gasteiger partial charge in [0.2, 0.25) is 0 Å². The Morgan fingerprint density at radius 2 is 1.22 bits per heavy atom. The molecule has 0 aromatic rings. The molecular formula is CH9AlN2O5. The van der Waals surface area contributed by atoms with Crippen LogP contribution in [0.2, 0.25) is 0 Å². The first-order chi connectivity index (χ1) is 3.15. The molecule has 0 aromatic heterocycles. The Kier molecular flexibility index (Phi) is 70.4. The third-order valence-electron chi connectivity index (χ3n) is 0. The van der Waals surface area contributed by atoms with E-state index in [0.29, 0.717) is 0 Å². The summed E-state index contributed by atoms with van der Waals surface area (Å²) in [5.41, 5.74) is 0. The molecule has 0 aromatic carbocycles. The Balaban J connectivity index is -0.0000000233. The standard InChI is InChI=1S/CH2O3.Al.2H3N.H2O.O/c2-1(3)4;;;;;/h(H2,2,3,4);;2*1H3;1H2;/q;+1;;;;/p-1. The van der Waals surface area contributed by atoms with Crippen molar-refractivity contribution in [3.8, 4) is 0 Å². The molecule has 0 rings (SSSR count). The van der Waals surface area contributed by atoms with Gasteiger partial charge in [0.25, 0.3) is 0 Å². The molecule has 0 heterocycles. The Morgan fingerprint density at radius 1 is 1.22 bits per heavy atom. The van der Waals surface area contributed by atoms with E-state index in [2.05, 4.69) is 0 Å². The van der Waals surface area contributed by atoms with Crippen LogP contribution >= 0.6 is 0 Å². The molecule has 9 heavy (non-hydrogen) atoms. The summed E-state index contributed by atoms with van der Waals surface area (Å²) in [6.07, 6.45) is -1.83. The van der Waals surface area contributed by atoms with E-state index in [0.717, 1.165) is 0 Å². The first-order valence-corrected chi connectivity index (χ1v) is 2.13. The zero-order chi connectivity index (χ0) is 6.28. The average Bonchev–Trinajstić information content (AvgIpc) is 1.33. The summed E-state index contributed by atoms with van der Waals surface area (Å²) in [5, 5.41) is 13.9. The number of hydrogen-bond donors (Lipinski definition) is 5. The van der Waals surface area contributed by atoms with Crippen molar-refractivity contribution in [3.63, 3.8) is 0 Å². The van der Waals surface area contributed by atoms with Gasteiger partial charge in [0.05, 0.1) is 0 Å². The molecule has 0 saturated carbocycles. The number of hydrogen-bond acceptors (Lipinski definition) is 4. The summed E-state index contributed by atoms with van der Waals surface area (Å²) >= 11 is -1.50. The normalized spacial score (nSPS) is 3.56. The molecule has 0 aliphatic heterocycles. The third-order valence-corrected chi connectivity index (χ3v) is 0. The van der Waals surface area contributed by atoms with Crippen LogP contribution in [0.1, 0.15) is 0 Å². The van der Waals surface area contributed by atoms with E-state index >= 15 is 0 Å². The van der Waals surface area contributed by atoms with Crippen molar-refractivity contribution in [2.75, 3.05) is 0 Å². The van der Waals surface area contributed by atoms with Crippen molar-refractivity contribution < 1.29 is 23.0 Å². The second kappa shape index (κ2) is 26.5. The molecule has 56 valence electrons. The van der Waals surface area contributed by atoms with Gasteiger partial charge >= 0.3 is 29.6 Å². The number of rotatable bonds is 0. The maximum absolute atomic E-state index is 8.57. The van der Waals surface area contributed by atoms with Gasteiger partial charge in [0.15, 0.2) is 0 Å². The molecule has 9 N–H and O–H groups in total. The van der Waals surface area contributed by atoms with Gasteiger partial charge < -0.3 is 22.5 Å². The van der Waals surface area contributed by atoms with Gasteiger partial charge in [-0.1, -0.05) is 0 Å². The van der Waals surface area contributed by atoms with Crippen molar-refractivity contribution in [3.05, 3.63) is 0 Å². The van der Waals surface area contributed by atoms with Gasteiger partial charge in [0, 0.05) is 0 Å². The summed E-state index contributed by atoms with van der Waals surface area (Å²) in [4.78, 5) is 8.56. The first kappa shape index (κ1) is 23.9. The molecule has 0 spiro atoms. The summed E-state index contributed by atoms with van der Waals surface area (Å²) in [6, 6.07) is 0. The topological polar surface area (TPSA) is 165 Å². The van der Waals surface area contributed by atoms with Gasteiger partial charge in [-0.25, -0.2) is 4.79 Å². The fourth-order valence-corrected chi connectivity index (χ4v) is 0. The predicted molar refractivity (Wildman–Crippen MR) is 29.4 cm³/mol. The SMILES string of the molecule is N.N.O=C(O)O.[O]=[Al][OH]. The Labute approximate surface area is 57.7 Å². The van der Waals surface area contributed by atoms with E-state index in [-0.39, 0.29) is 12.3 Å². The molecule has 8 heteroatoms. The Bertz CT molecular complexity index is 62.0. The van der Waals surface area contributed by atoms with Crippen LogP contribution in [-0.4, -0.2) is 36.0 Å². The summed E-state index contributed by atoms with van der Waals surface area (Å²) in [5.74, 6) is 0. The van der Waals surface area contributed by atoms with E-state index in [1.165, 1.54) is 0 Å². The zero-order valence-corrected chi connectivity index (χ0v) is 5.80. The minimum atomic E-state index is -1.83. The Hall–Kier alpha value is -0.678. The molecule has 7 nitrogen and oxygen atoms in total. The van der Waals surface area contributed by atoms with Crippen molar-refractivity contribution in [2.24, 2.45) is 0 Å². The Morgan fingerprint density at radius 3 is 1.22 bits per heavy atom. The van der Waals surface area contributed by atoms with Gasteiger partial charge in [-0.2, -0.15) is 0 Å². The summed E-state index contributed by atoms with van der Waals surface area (Å²) in [6.45, 7) is 0. The molecule has 0 fully saturated rings. The molecule has 0 aliphatic carbocycles. The van der Waals surface area contributed by atoms with Gasteiger partial charge in [-0.3, -0.25) is 0 Å². The number of carbonyl (C=O) groups is 1. The summed E-state index contributed by atoms with van der Waals surface area (Å²) in [7, 11) is 0. The van der Waals surface area contributed by atoms with Crippen LogP contribution < -0.4 is 12.3 Å². The zero-order valence-electron chi connectivity index (χ0n) is 4.65. The molecule has 0 radical (unpaired) electrons. The van der Waals surface area contributed by atoms with Crippen LogP contribution in [0.4, 0.5) is 4.79 Å². The van der Waals surface area contributed by atoms with E-state index in [4.69, 9.17) is 23.0 Å². The van der Waals surface area contributed by atoms with Gasteiger partial charge in [0.1, 0.15) is 0 Å². The molecule has 0 unspecified atom stereocenters. The van der Waals surface area contributed by atoms with Crippen molar-refractivity contribution in [1.29, 1.82) is 0 Å². The summed E-state index contributed by atoms with van der Waals surface area (Å²) < 4.78 is 15.7. The quantitative estimate of drug-likeness (QED) is 0.294. The fourth-order valence-electron chi connectivity index (χ4n) is 0.